The highest BCUT2D eigenvalue weighted by molar-refractivity contribution is 5.80. The van der Waals surface area contributed by atoms with E-state index in [9.17, 15) is 14.9 Å². The second-order valence-electron chi connectivity index (χ2n) is 5.63. The van der Waals surface area contributed by atoms with Gasteiger partial charge in [0.25, 0.3) is 11.2 Å². The van der Waals surface area contributed by atoms with Crippen LogP contribution >= 0.6 is 0 Å². The summed E-state index contributed by atoms with van der Waals surface area (Å²) in [5, 5.41) is 11.2. The zero-order valence-corrected chi connectivity index (χ0v) is 12.2. The Labute approximate surface area is 131 Å². The monoisotopic (exact) mass is 307 g/mol. The number of non-ortho nitro benzene ring substituents is 1. The van der Waals surface area contributed by atoms with Crippen molar-refractivity contribution in [1.29, 1.82) is 0 Å². The highest BCUT2D eigenvalue weighted by Gasteiger charge is 2.27. The molecule has 4 rings (SSSR count). The second-order valence-corrected chi connectivity index (χ2v) is 5.63. The lowest BCUT2D eigenvalue weighted by atomic mass is 10.1. The summed E-state index contributed by atoms with van der Waals surface area (Å²) in [6, 6.07) is 14.0. The Hall–Kier alpha value is -3.02. The van der Waals surface area contributed by atoms with Crippen LogP contribution in [-0.2, 0) is 6.42 Å². The van der Waals surface area contributed by atoms with Crippen molar-refractivity contribution >= 4 is 16.6 Å². The van der Waals surface area contributed by atoms with Crippen LogP contribution in [0, 0.1) is 10.1 Å². The number of nitro benzene ring substituents is 1. The number of hydrogen-bond donors (Lipinski definition) is 0. The Morgan fingerprint density at radius 1 is 1.17 bits per heavy atom. The maximum absolute atomic E-state index is 12.9. The molecule has 0 bridgehead atoms. The summed E-state index contributed by atoms with van der Waals surface area (Å²) >= 11 is 0. The van der Waals surface area contributed by atoms with E-state index in [1.54, 1.807) is 10.6 Å². The Morgan fingerprint density at radius 3 is 2.70 bits per heavy atom. The maximum atomic E-state index is 12.9. The van der Waals surface area contributed by atoms with Gasteiger partial charge in [-0.05, 0) is 18.1 Å². The highest BCUT2D eigenvalue weighted by Crippen LogP contribution is 2.30. The molecule has 0 amide bonds. The van der Waals surface area contributed by atoms with Gasteiger partial charge in [-0.1, -0.05) is 30.3 Å². The molecule has 1 atom stereocenters. The van der Waals surface area contributed by atoms with Crippen molar-refractivity contribution in [2.75, 3.05) is 0 Å². The number of aryl methyl sites for hydroxylation is 1. The molecule has 1 aliphatic rings. The van der Waals surface area contributed by atoms with Crippen molar-refractivity contribution in [2.45, 2.75) is 18.9 Å². The van der Waals surface area contributed by atoms with Crippen LogP contribution in [0.15, 0.2) is 53.3 Å². The molecule has 0 N–H and O–H groups in total. The molecule has 114 valence electrons. The summed E-state index contributed by atoms with van der Waals surface area (Å²) < 4.78 is 1.68. The SMILES string of the molecule is O=c1c2cc([N+](=O)[O-])ccc2nc2n1C(c1ccccc1)CC2. The fraction of sp³-hybridized carbons (Fsp3) is 0.176. The summed E-state index contributed by atoms with van der Waals surface area (Å²) in [4.78, 5) is 27.9. The van der Waals surface area contributed by atoms with E-state index < -0.39 is 4.92 Å². The van der Waals surface area contributed by atoms with Crippen LogP contribution in [0.5, 0.6) is 0 Å². The van der Waals surface area contributed by atoms with E-state index in [1.165, 1.54) is 12.1 Å². The number of fused-ring (bicyclic) bond motifs is 2. The molecular weight excluding hydrogens is 294 g/mol. The Morgan fingerprint density at radius 2 is 1.96 bits per heavy atom. The summed E-state index contributed by atoms with van der Waals surface area (Å²) in [6.07, 6.45) is 1.53. The topological polar surface area (TPSA) is 78.0 Å². The molecule has 2 heterocycles. The molecule has 0 aliphatic carbocycles. The van der Waals surface area contributed by atoms with E-state index in [2.05, 4.69) is 4.98 Å². The van der Waals surface area contributed by atoms with Crippen LogP contribution in [0.1, 0.15) is 23.9 Å². The predicted molar refractivity (Wildman–Crippen MR) is 85.6 cm³/mol. The molecular formula is C17H13N3O3. The second kappa shape index (κ2) is 5.01. The molecule has 0 fully saturated rings. The Kier molecular flexibility index (Phi) is 2.97. The van der Waals surface area contributed by atoms with Crippen LogP contribution in [0.25, 0.3) is 10.9 Å². The average Bonchev–Trinajstić information content (AvgIpc) is 2.99. The normalized spacial score (nSPS) is 16.4. The molecule has 2 aromatic carbocycles. The van der Waals surface area contributed by atoms with Crippen molar-refractivity contribution in [3.05, 3.63) is 80.4 Å². The zero-order chi connectivity index (χ0) is 16.0. The quantitative estimate of drug-likeness (QED) is 0.539. The summed E-state index contributed by atoms with van der Waals surface area (Å²) in [6.45, 7) is 0. The molecule has 0 radical (unpaired) electrons. The van der Waals surface area contributed by atoms with Gasteiger partial charge in [-0.2, -0.15) is 0 Å². The lowest BCUT2D eigenvalue weighted by Gasteiger charge is -2.15. The van der Waals surface area contributed by atoms with Crippen LogP contribution in [0.4, 0.5) is 5.69 Å². The maximum Gasteiger partial charge on any atom is 0.270 e. The molecule has 0 spiro atoms. The first-order valence-electron chi connectivity index (χ1n) is 7.39. The van der Waals surface area contributed by atoms with E-state index in [1.807, 2.05) is 30.3 Å². The number of nitrogens with zero attached hydrogens (tertiary/aromatic N) is 3. The molecule has 0 saturated heterocycles. The van der Waals surface area contributed by atoms with E-state index in [0.29, 0.717) is 10.9 Å². The third-order valence-corrected chi connectivity index (χ3v) is 4.31. The lowest BCUT2D eigenvalue weighted by Crippen LogP contribution is -2.25. The first kappa shape index (κ1) is 13.6. The number of hydrogen-bond acceptors (Lipinski definition) is 4. The van der Waals surface area contributed by atoms with Crippen LogP contribution < -0.4 is 5.56 Å². The summed E-state index contributed by atoms with van der Waals surface area (Å²) in [7, 11) is 0. The fourth-order valence-electron chi connectivity index (χ4n) is 3.23. The smallest absolute Gasteiger partial charge is 0.270 e. The van der Waals surface area contributed by atoms with Gasteiger partial charge in [-0.25, -0.2) is 4.98 Å². The molecule has 1 aliphatic heterocycles. The minimum Gasteiger partial charge on any atom is -0.288 e. The molecule has 1 aromatic heterocycles. The molecule has 3 aromatic rings. The minimum atomic E-state index is -0.495. The van der Waals surface area contributed by atoms with Crippen molar-refractivity contribution in [1.82, 2.24) is 9.55 Å². The van der Waals surface area contributed by atoms with Gasteiger partial charge in [0.1, 0.15) is 5.82 Å². The predicted octanol–water partition coefficient (Wildman–Crippen LogP) is 2.84. The van der Waals surface area contributed by atoms with Gasteiger partial charge in [-0.15, -0.1) is 0 Å². The third kappa shape index (κ3) is 2.11. The number of nitro groups is 1. The van der Waals surface area contributed by atoms with Gasteiger partial charge in [-0.3, -0.25) is 19.5 Å². The van der Waals surface area contributed by atoms with Gasteiger partial charge in [0.2, 0.25) is 0 Å². The molecule has 6 nitrogen and oxygen atoms in total. The third-order valence-electron chi connectivity index (χ3n) is 4.31. The highest BCUT2D eigenvalue weighted by atomic mass is 16.6. The molecule has 23 heavy (non-hydrogen) atoms. The van der Waals surface area contributed by atoms with Gasteiger partial charge in [0.15, 0.2) is 0 Å². The number of rotatable bonds is 2. The standard InChI is InChI=1S/C17H13N3O3/c21-17-13-10-12(20(22)23)6-7-14(13)18-16-9-8-15(19(16)17)11-4-2-1-3-5-11/h1-7,10,15H,8-9H2. The Bertz CT molecular complexity index is 980. The van der Waals surface area contributed by atoms with Crippen molar-refractivity contribution in [3.8, 4) is 0 Å². The van der Waals surface area contributed by atoms with Gasteiger partial charge >= 0.3 is 0 Å². The summed E-state index contributed by atoms with van der Waals surface area (Å²) in [5.74, 6) is 0.741. The molecule has 0 saturated carbocycles. The lowest BCUT2D eigenvalue weighted by molar-refractivity contribution is -0.384. The largest absolute Gasteiger partial charge is 0.288 e. The van der Waals surface area contributed by atoms with E-state index in [4.69, 9.17) is 0 Å². The van der Waals surface area contributed by atoms with Gasteiger partial charge in [0, 0.05) is 18.6 Å². The minimum absolute atomic E-state index is 0.0603. The first-order chi connectivity index (χ1) is 11.1. The first-order valence-corrected chi connectivity index (χ1v) is 7.39. The number of aromatic nitrogens is 2. The van der Waals surface area contributed by atoms with Crippen molar-refractivity contribution in [2.24, 2.45) is 0 Å². The molecule has 6 heteroatoms. The van der Waals surface area contributed by atoms with E-state index in [-0.39, 0.29) is 17.3 Å². The van der Waals surface area contributed by atoms with Gasteiger partial charge in [0.05, 0.1) is 21.9 Å². The van der Waals surface area contributed by atoms with Gasteiger partial charge < -0.3 is 0 Å². The van der Waals surface area contributed by atoms with Crippen LogP contribution in [0.3, 0.4) is 0 Å². The summed E-state index contributed by atoms with van der Waals surface area (Å²) in [5.41, 5.74) is 1.27. The molecule has 1 unspecified atom stereocenters. The van der Waals surface area contributed by atoms with Crippen molar-refractivity contribution < 1.29 is 4.92 Å². The van der Waals surface area contributed by atoms with Crippen LogP contribution in [0.2, 0.25) is 0 Å². The zero-order valence-electron chi connectivity index (χ0n) is 12.2. The van der Waals surface area contributed by atoms with E-state index >= 15 is 0 Å². The average molecular weight is 307 g/mol. The fourth-order valence-corrected chi connectivity index (χ4v) is 3.23. The number of benzene rings is 2. The van der Waals surface area contributed by atoms with E-state index in [0.717, 1.165) is 24.2 Å². The Balaban J connectivity index is 1.96. The van der Waals surface area contributed by atoms with Crippen molar-refractivity contribution in [3.63, 3.8) is 0 Å². The van der Waals surface area contributed by atoms with Crippen LogP contribution in [-0.4, -0.2) is 14.5 Å².